The van der Waals surface area contributed by atoms with Crippen molar-refractivity contribution >= 4 is 5.91 Å². The number of carbonyl (C=O) groups is 1. The van der Waals surface area contributed by atoms with Gasteiger partial charge in [-0.2, -0.15) is 0 Å². The summed E-state index contributed by atoms with van der Waals surface area (Å²) in [4.78, 5) is 13.8. The van der Waals surface area contributed by atoms with Crippen LogP contribution in [0.3, 0.4) is 0 Å². The van der Waals surface area contributed by atoms with E-state index in [0.29, 0.717) is 6.54 Å². The molecule has 3 atom stereocenters. The summed E-state index contributed by atoms with van der Waals surface area (Å²) in [6.45, 7) is 4.41. The summed E-state index contributed by atoms with van der Waals surface area (Å²) in [6.07, 6.45) is 0.907. The highest BCUT2D eigenvalue weighted by molar-refractivity contribution is 5.81. The number of nitrogens with two attached hydrogens (primary N) is 1. The molecule has 2 unspecified atom stereocenters. The Hall–Kier alpha value is -1.42. The summed E-state index contributed by atoms with van der Waals surface area (Å²) in [5, 5.41) is 0. The summed E-state index contributed by atoms with van der Waals surface area (Å²) in [5.41, 5.74) is 6.73. The van der Waals surface area contributed by atoms with E-state index in [-0.39, 0.29) is 23.7 Å². The highest BCUT2D eigenvalue weighted by Crippen LogP contribution is 2.31. The van der Waals surface area contributed by atoms with Gasteiger partial charge < -0.3 is 10.6 Å². The van der Waals surface area contributed by atoms with E-state index in [0.717, 1.165) is 12.0 Å². The molecule has 2 rings (SSSR count). The van der Waals surface area contributed by atoms with Crippen molar-refractivity contribution in [2.75, 3.05) is 6.54 Å². The Morgan fingerprint density at radius 2 is 2.06 bits per heavy atom. The molecule has 1 fully saturated rings. The summed E-state index contributed by atoms with van der Waals surface area (Å²) in [7, 11) is 0. The second-order valence-corrected chi connectivity index (χ2v) is 5.11. The Kier molecular flexibility index (Phi) is 3.66. The molecule has 0 aliphatic carbocycles. The van der Waals surface area contributed by atoms with E-state index in [1.165, 1.54) is 12.1 Å². The molecule has 0 saturated carbocycles. The molecule has 1 heterocycles. The number of halogens is 1. The van der Waals surface area contributed by atoms with E-state index in [4.69, 9.17) is 5.73 Å². The Bertz CT molecular complexity index is 430. The van der Waals surface area contributed by atoms with Crippen molar-refractivity contribution in [3.63, 3.8) is 0 Å². The maximum Gasteiger partial charge on any atom is 0.239 e. The van der Waals surface area contributed by atoms with Crippen LogP contribution in [0.4, 0.5) is 4.39 Å². The molecule has 1 aromatic rings. The molecule has 4 heteroatoms. The Labute approximate surface area is 107 Å². The Morgan fingerprint density at radius 1 is 1.44 bits per heavy atom. The number of rotatable bonds is 2. The van der Waals surface area contributed by atoms with E-state index >= 15 is 0 Å². The normalized spacial score (nSPS) is 25.2. The number of amides is 1. The molecule has 3 nitrogen and oxygen atoms in total. The maximum atomic E-state index is 12.9. The average Bonchev–Trinajstić information content (AvgIpc) is 2.71. The smallest absolute Gasteiger partial charge is 0.239 e. The van der Waals surface area contributed by atoms with Gasteiger partial charge in [-0.05, 0) is 38.0 Å². The lowest BCUT2D eigenvalue weighted by atomic mass is 9.97. The van der Waals surface area contributed by atoms with Crippen LogP contribution in [0.5, 0.6) is 0 Å². The first-order valence-electron chi connectivity index (χ1n) is 6.30. The highest BCUT2D eigenvalue weighted by atomic mass is 19.1. The minimum atomic E-state index is -0.459. The zero-order valence-corrected chi connectivity index (χ0v) is 10.8. The van der Waals surface area contributed by atoms with E-state index in [1.54, 1.807) is 19.1 Å². The fourth-order valence-electron chi connectivity index (χ4n) is 2.58. The van der Waals surface area contributed by atoms with Crippen molar-refractivity contribution in [2.45, 2.75) is 38.3 Å². The molecule has 1 aliphatic rings. The average molecular weight is 250 g/mol. The first kappa shape index (κ1) is 13.0. The summed E-state index contributed by atoms with van der Waals surface area (Å²) < 4.78 is 12.9. The highest BCUT2D eigenvalue weighted by Gasteiger charge is 2.34. The first-order valence-corrected chi connectivity index (χ1v) is 6.30. The van der Waals surface area contributed by atoms with E-state index in [1.807, 2.05) is 11.8 Å². The third-order valence-corrected chi connectivity index (χ3v) is 3.59. The molecule has 0 radical (unpaired) electrons. The van der Waals surface area contributed by atoms with Gasteiger partial charge in [0, 0.05) is 18.5 Å². The number of carbonyl (C=O) groups excluding carboxylic acids is 1. The molecule has 0 aromatic heterocycles. The molecular formula is C14H19FN2O. The van der Waals surface area contributed by atoms with E-state index < -0.39 is 6.04 Å². The standard InChI is InChI=1S/C14H19FN2O/c1-9-7-12(8-17(9)14(18)10(2)16)11-3-5-13(15)6-4-11/h3-6,9-10,12H,7-8,16H2,1-2H3/t9?,10-,12?/m0/s1. The summed E-state index contributed by atoms with van der Waals surface area (Å²) in [5.74, 6) is 0.0451. The van der Waals surface area contributed by atoms with Crippen molar-refractivity contribution in [3.8, 4) is 0 Å². The lowest BCUT2D eigenvalue weighted by molar-refractivity contribution is -0.132. The Balaban J connectivity index is 2.11. The fraction of sp³-hybridized carbons (Fsp3) is 0.500. The van der Waals surface area contributed by atoms with Crippen LogP contribution < -0.4 is 5.73 Å². The zero-order chi connectivity index (χ0) is 13.3. The van der Waals surface area contributed by atoms with Crippen LogP contribution in [0.15, 0.2) is 24.3 Å². The number of likely N-dealkylation sites (tertiary alicyclic amines) is 1. The third kappa shape index (κ3) is 2.53. The molecule has 98 valence electrons. The van der Waals surface area contributed by atoms with Gasteiger partial charge in [-0.25, -0.2) is 4.39 Å². The van der Waals surface area contributed by atoms with Crippen molar-refractivity contribution in [3.05, 3.63) is 35.6 Å². The van der Waals surface area contributed by atoms with Crippen LogP contribution in [-0.4, -0.2) is 29.4 Å². The Morgan fingerprint density at radius 3 is 2.61 bits per heavy atom. The molecule has 1 aliphatic heterocycles. The molecule has 0 spiro atoms. The van der Waals surface area contributed by atoms with Gasteiger partial charge in [0.25, 0.3) is 0 Å². The van der Waals surface area contributed by atoms with Crippen LogP contribution in [-0.2, 0) is 4.79 Å². The SMILES string of the molecule is CC1CC(c2ccc(F)cc2)CN1C(=O)[C@H](C)N. The second kappa shape index (κ2) is 5.06. The van der Waals surface area contributed by atoms with Crippen LogP contribution in [0.1, 0.15) is 31.7 Å². The monoisotopic (exact) mass is 250 g/mol. The quantitative estimate of drug-likeness (QED) is 0.871. The number of hydrogen-bond donors (Lipinski definition) is 1. The predicted octanol–water partition coefficient (Wildman–Crippen LogP) is 1.88. The minimum Gasteiger partial charge on any atom is -0.338 e. The van der Waals surface area contributed by atoms with Crippen LogP contribution in [0, 0.1) is 5.82 Å². The molecular weight excluding hydrogens is 231 g/mol. The number of nitrogens with zero attached hydrogens (tertiary/aromatic N) is 1. The van der Waals surface area contributed by atoms with Crippen molar-refractivity contribution in [2.24, 2.45) is 5.73 Å². The molecule has 1 amide bonds. The van der Waals surface area contributed by atoms with Gasteiger partial charge in [-0.1, -0.05) is 12.1 Å². The van der Waals surface area contributed by atoms with Gasteiger partial charge in [-0.3, -0.25) is 4.79 Å². The van der Waals surface area contributed by atoms with Gasteiger partial charge >= 0.3 is 0 Å². The number of benzene rings is 1. The molecule has 18 heavy (non-hydrogen) atoms. The second-order valence-electron chi connectivity index (χ2n) is 5.11. The van der Waals surface area contributed by atoms with Gasteiger partial charge in [0.2, 0.25) is 5.91 Å². The largest absolute Gasteiger partial charge is 0.338 e. The van der Waals surface area contributed by atoms with Crippen LogP contribution in [0.2, 0.25) is 0 Å². The van der Waals surface area contributed by atoms with E-state index in [2.05, 4.69) is 0 Å². The van der Waals surface area contributed by atoms with Crippen molar-refractivity contribution in [1.29, 1.82) is 0 Å². The molecule has 1 aromatic carbocycles. The van der Waals surface area contributed by atoms with Crippen LogP contribution in [0.25, 0.3) is 0 Å². The van der Waals surface area contributed by atoms with Crippen molar-refractivity contribution < 1.29 is 9.18 Å². The first-order chi connectivity index (χ1) is 8.49. The topological polar surface area (TPSA) is 46.3 Å². The molecule has 1 saturated heterocycles. The lowest BCUT2D eigenvalue weighted by Gasteiger charge is -2.23. The zero-order valence-electron chi connectivity index (χ0n) is 10.8. The third-order valence-electron chi connectivity index (χ3n) is 3.59. The molecule has 0 bridgehead atoms. The lowest BCUT2D eigenvalue weighted by Crippen LogP contribution is -2.43. The minimum absolute atomic E-state index is 0.00730. The summed E-state index contributed by atoms with van der Waals surface area (Å²) >= 11 is 0. The fourth-order valence-corrected chi connectivity index (χ4v) is 2.58. The van der Waals surface area contributed by atoms with E-state index in [9.17, 15) is 9.18 Å². The maximum absolute atomic E-state index is 12.9. The predicted molar refractivity (Wildman–Crippen MR) is 68.6 cm³/mol. The van der Waals surface area contributed by atoms with Crippen molar-refractivity contribution in [1.82, 2.24) is 4.90 Å². The molecule has 2 N–H and O–H groups in total. The van der Waals surface area contributed by atoms with Gasteiger partial charge in [-0.15, -0.1) is 0 Å². The van der Waals surface area contributed by atoms with Gasteiger partial charge in [0.1, 0.15) is 5.82 Å². The van der Waals surface area contributed by atoms with Gasteiger partial charge in [0.05, 0.1) is 6.04 Å². The van der Waals surface area contributed by atoms with Gasteiger partial charge in [0.15, 0.2) is 0 Å². The number of hydrogen-bond acceptors (Lipinski definition) is 2. The van der Waals surface area contributed by atoms with Crippen LogP contribution >= 0.6 is 0 Å². The summed E-state index contributed by atoms with van der Waals surface area (Å²) in [6, 6.07) is 6.27.